The standard InChI is InChI=1S/C29H27ClN6O5/c1-15(31)21-14-17-6-5-7-19(30)22(17)26(37)36(21)18-10-8-16(9-11-18)20-12-13-35-25(32-20)23(27(38)39)24(34-35)33-28(40)41-29(2,3)4/h5-15H,31H2,1-4H3,(H,38,39)(H,33,34,40)/t15-/m0/s1. The Balaban J connectivity index is 1.55. The molecule has 1 atom stereocenters. The van der Waals surface area contributed by atoms with Crippen molar-refractivity contribution < 1.29 is 19.4 Å². The van der Waals surface area contributed by atoms with Crippen LogP contribution in [0.4, 0.5) is 10.6 Å². The number of ether oxygens (including phenoxy) is 1. The lowest BCUT2D eigenvalue weighted by atomic mass is 10.1. The molecule has 210 valence electrons. The van der Waals surface area contributed by atoms with Gasteiger partial charge in [-0.2, -0.15) is 0 Å². The number of nitrogens with zero attached hydrogens (tertiary/aromatic N) is 4. The highest BCUT2D eigenvalue weighted by Crippen LogP contribution is 2.27. The molecular weight excluding hydrogens is 548 g/mol. The number of carboxylic acids is 1. The molecule has 2 aromatic carbocycles. The van der Waals surface area contributed by atoms with E-state index in [2.05, 4.69) is 15.4 Å². The van der Waals surface area contributed by atoms with E-state index >= 15 is 0 Å². The summed E-state index contributed by atoms with van der Waals surface area (Å²) in [5.74, 6) is -1.51. The van der Waals surface area contributed by atoms with E-state index in [0.717, 1.165) is 0 Å². The summed E-state index contributed by atoms with van der Waals surface area (Å²) >= 11 is 6.37. The van der Waals surface area contributed by atoms with Gasteiger partial charge in [-0.25, -0.2) is 19.1 Å². The molecule has 3 heterocycles. The lowest BCUT2D eigenvalue weighted by Crippen LogP contribution is -2.27. The van der Waals surface area contributed by atoms with E-state index < -0.39 is 23.7 Å². The number of carboxylic acid groups (broad SMARTS) is 1. The monoisotopic (exact) mass is 574 g/mol. The SMILES string of the molecule is C[C@H](N)c1cc2cccc(Cl)c2c(=O)n1-c1ccc(-c2ccn3nc(NC(=O)OC(C)(C)C)c(C(=O)O)c3n2)cc1. The Bertz CT molecular complexity index is 1890. The van der Waals surface area contributed by atoms with Gasteiger partial charge in [0.25, 0.3) is 5.56 Å². The molecule has 0 unspecified atom stereocenters. The van der Waals surface area contributed by atoms with Crippen LogP contribution < -0.4 is 16.6 Å². The van der Waals surface area contributed by atoms with E-state index in [4.69, 9.17) is 22.1 Å². The highest BCUT2D eigenvalue weighted by Gasteiger charge is 2.25. The summed E-state index contributed by atoms with van der Waals surface area (Å²) in [4.78, 5) is 42.4. The van der Waals surface area contributed by atoms with Gasteiger partial charge in [0.15, 0.2) is 11.5 Å². The smallest absolute Gasteiger partial charge is 0.413 e. The minimum absolute atomic E-state index is 0.0322. The van der Waals surface area contributed by atoms with Gasteiger partial charge in [-0.3, -0.25) is 14.7 Å². The lowest BCUT2D eigenvalue weighted by molar-refractivity contribution is 0.0635. The van der Waals surface area contributed by atoms with Crippen LogP contribution in [0, 0.1) is 0 Å². The van der Waals surface area contributed by atoms with Crippen LogP contribution in [0.5, 0.6) is 0 Å². The number of nitrogens with two attached hydrogens (primary N) is 1. The van der Waals surface area contributed by atoms with Crippen molar-refractivity contribution in [1.29, 1.82) is 0 Å². The molecule has 5 aromatic rings. The zero-order valence-corrected chi connectivity index (χ0v) is 23.4. The number of rotatable bonds is 5. The van der Waals surface area contributed by atoms with E-state index in [0.29, 0.717) is 38.4 Å². The first kappa shape index (κ1) is 27.8. The van der Waals surface area contributed by atoms with Gasteiger partial charge in [-0.1, -0.05) is 35.9 Å². The zero-order chi connectivity index (χ0) is 29.6. The van der Waals surface area contributed by atoms with Crippen LogP contribution in [0.1, 0.15) is 49.8 Å². The van der Waals surface area contributed by atoms with Gasteiger partial charge in [0, 0.05) is 29.2 Å². The van der Waals surface area contributed by atoms with Crippen LogP contribution in [-0.4, -0.2) is 41.9 Å². The second-order valence-corrected chi connectivity index (χ2v) is 10.9. The number of hydrogen-bond donors (Lipinski definition) is 3. The number of nitrogens with one attached hydrogen (secondary N) is 1. The molecule has 5 rings (SSSR count). The maximum absolute atomic E-state index is 13.5. The number of benzene rings is 2. The molecule has 0 bridgehead atoms. The summed E-state index contributed by atoms with van der Waals surface area (Å²) < 4.78 is 8.02. The first-order chi connectivity index (χ1) is 19.3. The highest BCUT2D eigenvalue weighted by molar-refractivity contribution is 6.35. The number of anilines is 1. The fourth-order valence-electron chi connectivity index (χ4n) is 4.50. The zero-order valence-electron chi connectivity index (χ0n) is 22.7. The van der Waals surface area contributed by atoms with Crippen LogP contribution in [0.15, 0.2) is 65.6 Å². The molecule has 0 radical (unpaired) electrons. The molecule has 0 saturated carbocycles. The third kappa shape index (κ3) is 5.37. The predicted octanol–water partition coefficient (Wildman–Crippen LogP) is 5.42. The number of aromatic nitrogens is 4. The molecule has 3 aromatic heterocycles. The first-order valence-corrected chi connectivity index (χ1v) is 13.0. The maximum atomic E-state index is 13.5. The van der Waals surface area contributed by atoms with Crippen LogP contribution in [0.3, 0.4) is 0 Å². The van der Waals surface area contributed by atoms with Crippen LogP contribution in [0.25, 0.3) is 33.4 Å². The van der Waals surface area contributed by atoms with Crippen molar-refractivity contribution >= 4 is 45.9 Å². The Morgan fingerprint density at radius 3 is 2.46 bits per heavy atom. The number of aromatic carboxylic acids is 1. The maximum Gasteiger partial charge on any atom is 0.413 e. The number of amides is 1. The minimum Gasteiger partial charge on any atom is -0.477 e. The quantitative estimate of drug-likeness (QED) is 0.251. The van der Waals surface area contributed by atoms with E-state index in [9.17, 15) is 19.5 Å². The van der Waals surface area contributed by atoms with E-state index in [1.165, 1.54) is 9.08 Å². The van der Waals surface area contributed by atoms with Crippen LogP contribution in [0.2, 0.25) is 5.02 Å². The molecule has 0 aliphatic carbocycles. The average molecular weight is 575 g/mol. The van der Waals surface area contributed by atoms with Crippen molar-refractivity contribution in [3.8, 4) is 16.9 Å². The Morgan fingerprint density at radius 1 is 1.12 bits per heavy atom. The number of fused-ring (bicyclic) bond motifs is 2. The molecule has 12 heteroatoms. The Hall–Kier alpha value is -4.74. The van der Waals surface area contributed by atoms with Gasteiger partial charge in [-0.15, -0.1) is 5.10 Å². The molecular formula is C29H27ClN6O5. The molecule has 4 N–H and O–H groups in total. The van der Waals surface area contributed by atoms with Crippen LogP contribution >= 0.6 is 11.6 Å². The number of carbonyl (C=O) groups is 2. The fourth-order valence-corrected chi connectivity index (χ4v) is 4.76. The van der Waals surface area contributed by atoms with Crippen molar-refractivity contribution in [3.05, 3.63) is 87.4 Å². The van der Waals surface area contributed by atoms with Gasteiger partial charge in [-0.05, 0) is 63.4 Å². The molecule has 41 heavy (non-hydrogen) atoms. The summed E-state index contributed by atoms with van der Waals surface area (Å²) in [6.45, 7) is 6.87. The number of carbonyl (C=O) groups excluding carboxylic acids is 1. The van der Waals surface area contributed by atoms with Crippen molar-refractivity contribution in [2.75, 3.05) is 5.32 Å². The third-order valence-electron chi connectivity index (χ3n) is 6.23. The average Bonchev–Trinajstić information content (AvgIpc) is 3.24. The second-order valence-electron chi connectivity index (χ2n) is 10.5. The Labute approximate surface area is 239 Å². The lowest BCUT2D eigenvalue weighted by Gasteiger charge is -2.19. The fraction of sp³-hybridized carbons (Fsp3) is 0.207. The van der Waals surface area contributed by atoms with Gasteiger partial charge in [0.1, 0.15) is 11.2 Å². The molecule has 0 spiro atoms. The molecule has 1 amide bonds. The molecule has 0 fully saturated rings. The number of halogens is 1. The summed E-state index contributed by atoms with van der Waals surface area (Å²) in [5.41, 5.74) is 7.22. The van der Waals surface area contributed by atoms with Crippen molar-refractivity contribution in [1.82, 2.24) is 19.2 Å². The molecule has 0 aliphatic heterocycles. The van der Waals surface area contributed by atoms with Crippen molar-refractivity contribution in [2.24, 2.45) is 5.73 Å². The van der Waals surface area contributed by atoms with Gasteiger partial charge in [0.05, 0.1) is 16.1 Å². The van der Waals surface area contributed by atoms with Gasteiger partial charge in [0.2, 0.25) is 0 Å². The number of pyridine rings is 1. The molecule has 0 saturated heterocycles. The normalized spacial score (nSPS) is 12.4. The highest BCUT2D eigenvalue weighted by atomic mass is 35.5. The topological polar surface area (TPSA) is 154 Å². The predicted molar refractivity (Wildman–Crippen MR) is 156 cm³/mol. The summed E-state index contributed by atoms with van der Waals surface area (Å²) in [5, 5.41) is 17.9. The Morgan fingerprint density at radius 2 is 1.83 bits per heavy atom. The van der Waals surface area contributed by atoms with Crippen molar-refractivity contribution in [3.63, 3.8) is 0 Å². The summed E-state index contributed by atoms with van der Waals surface area (Å²) in [6, 6.07) is 15.4. The van der Waals surface area contributed by atoms with Gasteiger partial charge < -0.3 is 15.6 Å². The minimum atomic E-state index is -1.32. The third-order valence-corrected chi connectivity index (χ3v) is 6.55. The largest absolute Gasteiger partial charge is 0.477 e. The van der Waals surface area contributed by atoms with Gasteiger partial charge >= 0.3 is 12.1 Å². The van der Waals surface area contributed by atoms with Crippen LogP contribution in [-0.2, 0) is 4.74 Å². The number of hydrogen-bond acceptors (Lipinski definition) is 7. The first-order valence-electron chi connectivity index (χ1n) is 12.7. The molecule has 11 nitrogen and oxygen atoms in total. The van der Waals surface area contributed by atoms with E-state index in [1.54, 1.807) is 76.4 Å². The summed E-state index contributed by atoms with van der Waals surface area (Å²) in [6.07, 6.45) is 0.707. The van der Waals surface area contributed by atoms with E-state index in [-0.39, 0.29) is 22.6 Å². The second kappa shape index (κ2) is 10.3. The molecule has 0 aliphatic rings. The van der Waals surface area contributed by atoms with E-state index in [1.807, 2.05) is 12.1 Å². The Kier molecular flexibility index (Phi) is 7.02. The van der Waals surface area contributed by atoms with Crippen molar-refractivity contribution in [2.45, 2.75) is 39.3 Å². The summed E-state index contributed by atoms with van der Waals surface area (Å²) in [7, 11) is 0.